The fraction of sp³-hybridized carbons (Fsp3) is 0. The molecule has 0 aliphatic rings. The third-order valence-corrected chi connectivity index (χ3v) is 10.7. The minimum absolute atomic E-state index is 0.618. The standard InChI is InChI=1S/C53H32N4O/c1-3-14-37(15-4-1)51-54-52(38-16-5-2-6-17-38)56-53(55-51)41-19-12-20-42(33-41)57-47-23-9-7-21-43(47)46-32-36(27-30-48(46)57)26-25-35-13-11-18-39(31-35)40-28-29-45-44-22-8-10-24-49(44)58-50(45)34-40/h1-24,27-34H. The van der Waals surface area contributed by atoms with Gasteiger partial charge >= 0.3 is 0 Å². The van der Waals surface area contributed by atoms with Crippen molar-refractivity contribution in [2.24, 2.45) is 0 Å². The van der Waals surface area contributed by atoms with Crippen molar-refractivity contribution in [2.75, 3.05) is 0 Å². The topological polar surface area (TPSA) is 56.7 Å². The molecule has 0 saturated heterocycles. The van der Waals surface area contributed by atoms with Crippen molar-refractivity contribution in [1.29, 1.82) is 0 Å². The van der Waals surface area contributed by atoms with E-state index in [1.807, 2.05) is 78.9 Å². The third-order valence-electron chi connectivity index (χ3n) is 10.7. The molecule has 0 amide bonds. The molecule has 270 valence electrons. The zero-order valence-corrected chi connectivity index (χ0v) is 31.2. The summed E-state index contributed by atoms with van der Waals surface area (Å²) in [7, 11) is 0. The number of hydrogen-bond acceptors (Lipinski definition) is 4. The quantitative estimate of drug-likeness (QED) is 0.165. The van der Waals surface area contributed by atoms with Gasteiger partial charge in [-0.2, -0.15) is 0 Å². The van der Waals surface area contributed by atoms with E-state index in [2.05, 4.69) is 132 Å². The van der Waals surface area contributed by atoms with Crippen LogP contribution in [0.25, 0.3) is 94.7 Å². The van der Waals surface area contributed by atoms with Crippen LogP contribution < -0.4 is 0 Å². The minimum Gasteiger partial charge on any atom is -0.456 e. The molecule has 5 heteroatoms. The Morgan fingerprint density at radius 2 is 0.914 bits per heavy atom. The van der Waals surface area contributed by atoms with Gasteiger partial charge in [0.25, 0.3) is 0 Å². The van der Waals surface area contributed by atoms with Crippen molar-refractivity contribution in [1.82, 2.24) is 19.5 Å². The number of fused-ring (bicyclic) bond motifs is 6. The number of rotatable bonds is 5. The molecule has 0 atom stereocenters. The molecule has 0 saturated carbocycles. The highest BCUT2D eigenvalue weighted by molar-refractivity contribution is 6.10. The van der Waals surface area contributed by atoms with Crippen LogP contribution in [0.2, 0.25) is 0 Å². The number of hydrogen-bond donors (Lipinski definition) is 0. The fourth-order valence-electron chi connectivity index (χ4n) is 7.88. The predicted octanol–water partition coefficient (Wildman–Crippen LogP) is 12.9. The molecular formula is C53H32N4O. The van der Waals surface area contributed by atoms with E-state index in [1.165, 1.54) is 0 Å². The molecule has 0 aliphatic heterocycles. The summed E-state index contributed by atoms with van der Waals surface area (Å²) in [5.41, 5.74) is 11.9. The number of benzene rings is 8. The van der Waals surface area contributed by atoms with Crippen LogP contribution in [-0.2, 0) is 0 Å². The Morgan fingerprint density at radius 3 is 1.69 bits per heavy atom. The maximum atomic E-state index is 6.17. The molecule has 8 aromatic carbocycles. The Kier molecular flexibility index (Phi) is 7.98. The lowest BCUT2D eigenvalue weighted by Crippen LogP contribution is -2.01. The summed E-state index contributed by atoms with van der Waals surface area (Å²) in [4.78, 5) is 14.9. The summed E-state index contributed by atoms with van der Waals surface area (Å²) < 4.78 is 8.48. The molecule has 3 aromatic heterocycles. The molecule has 5 nitrogen and oxygen atoms in total. The second-order valence-electron chi connectivity index (χ2n) is 14.3. The lowest BCUT2D eigenvalue weighted by molar-refractivity contribution is 0.669. The van der Waals surface area contributed by atoms with Crippen molar-refractivity contribution in [3.05, 3.63) is 205 Å². The zero-order chi connectivity index (χ0) is 38.4. The Labute approximate surface area is 334 Å². The van der Waals surface area contributed by atoms with Gasteiger partial charge < -0.3 is 8.98 Å². The minimum atomic E-state index is 0.618. The van der Waals surface area contributed by atoms with Gasteiger partial charge in [-0.15, -0.1) is 0 Å². The molecule has 11 aromatic rings. The monoisotopic (exact) mass is 740 g/mol. The van der Waals surface area contributed by atoms with Crippen LogP contribution in [0.1, 0.15) is 11.1 Å². The van der Waals surface area contributed by atoms with Gasteiger partial charge in [0.1, 0.15) is 11.2 Å². The first-order chi connectivity index (χ1) is 28.7. The molecule has 58 heavy (non-hydrogen) atoms. The van der Waals surface area contributed by atoms with Crippen LogP contribution in [0.4, 0.5) is 0 Å². The number of para-hydroxylation sites is 2. The van der Waals surface area contributed by atoms with E-state index in [0.29, 0.717) is 17.5 Å². The maximum absolute atomic E-state index is 6.17. The summed E-state index contributed by atoms with van der Waals surface area (Å²) in [6.07, 6.45) is 0. The van der Waals surface area contributed by atoms with Gasteiger partial charge in [-0.3, -0.25) is 0 Å². The van der Waals surface area contributed by atoms with Gasteiger partial charge in [-0.1, -0.05) is 139 Å². The zero-order valence-electron chi connectivity index (χ0n) is 31.2. The average Bonchev–Trinajstić information content (AvgIpc) is 3.84. The third kappa shape index (κ3) is 5.97. The van der Waals surface area contributed by atoms with Gasteiger partial charge in [-0.05, 0) is 77.9 Å². The van der Waals surface area contributed by atoms with Crippen molar-refractivity contribution < 1.29 is 4.42 Å². The van der Waals surface area contributed by atoms with E-state index in [1.54, 1.807) is 0 Å². The summed E-state index contributed by atoms with van der Waals surface area (Å²) in [5, 5.41) is 4.55. The average molecular weight is 741 g/mol. The first-order valence-electron chi connectivity index (χ1n) is 19.3. The Hall–Kier alpha value is -8.07. The van der Waals surface area contributed by atoms with Gasteiger partial charge in [-0.25, -0.2) is 15.0 Å². The molecule has 0 unspecified atom stereocenters. The second kappa shape index (κ2) is 13.9. The molecule has 11 rings (SSSR count). The van der Waals surface area contributed by atoms with E-state index in [-0.39, 0.29) is 0 Å². The first kappa shape index (κ1) is 33.3. The second-order valence-corrected chi connectivity index (χ2v) is 14.3. The van der Waals surface area contributed by atoms with E-state index >= 15 is 0 Å². The summed E-state index contributed by atoms with van der Waals surface area (Å²) in [6.45, 7) is 0. The molecule has 0 radical (unpaired) electrons. The highest BCUT2D eigenvalue weighted by Gasteiger charge is 2.16. The van der Waals surface area contributed by atoms with Crippen LogP contribution in [0.3, 0.4) is 0 Å². The Bertz CT molecular complexity index is 3350. The van der Waals surface area contributed by atoms with E-state index < -0.39 is 0 Å². The molecule has 3 heterocycles. The molecule has 0 bridgehead atoms. The van der Waals surface area contributed by atoms with Crippen molar-refractivity contribution in [3.8, 4) is 62.8 Å². The van der Waals surface area contributed by atoms with Crippen LogP contribution in [0.5, 0.6) is 0 Å². The van der Waals surface area contributed by atoms with Crippen molar-refractivity contribution in [3.63, 3.8) is 0 Å². The number of aromatic nitrogens is 4. The van der Waals surface area contributed by atoms with E-state index in [9.17, 15) is 0 Å². The molecular weight excluding hydrogens is 709 g/mol. The first-order valence-corrected chi connectivity index (χ1v) is 19.3. The van der Waals surface area contributed by atoms with Crippen LogP contribution in [0.15, 0.2) is 199 Å². The van der Waals surface area contributed by atoms with Gasteiger partial charge in [0.15, 0.2) is 17.5 Å². The molecule has 0 aliphatic carbocycles. The predicted molar refractivity (Wildman–Crippen MR) is 236 cm³/mol. The van der Waals surface area contributed by atoms with Gasteiger partial charge in [0, 0.05) is 55.0 Å². The SMILES string of the molecule is C(#Cc1ccc2c(c1)c1ccccc1n2-c1cccc(-c2nc(-c3ccccc3)nc(-c3ccccc3)n2)c1)c1cccc(-c2ccc3c(c2)oc2ccccc23)c1. The number of furan rings is 1. The van der Waals surface area contributed by atoms with Gasteiger partial charge in [0.05, 0.1) is 11.0 Å². The fourth-order valence-corrected chi connectivity index (χ4v) is 7.88. The van der Waals surface area contributed by atoms with Crippen molar-refractivity contribution in [2.45, 2.75) is 0 Å². The lowest BCUT2D eigenvalue weighted by Gasteiger charge is -2.11. The van der Waals surface area contributed by atoms with Crippen molar-refractivity contribution >= 4 is 43.7 Å². The van der Waals surface area contributed by atoms with Crippen LogP contribution >= 0.6 is 0 Å². The number of nitrogens with zero attached hydrogens (tertiary/aromatic N) is 4. The smallest absolute Gasteiger partial charge is 0.164 e. The molecule has 0 N–H and O–H groups in total. The molecule has 0 fully saturated rings. The highest BCUT2D eigenvalue weighted by atomic mass is 16.3. The van der Waals surface area contributed by atoms with E-state index in [0.717, 1.165) is 88.4 Å². The summed E-state index contributed by atoms with van der Waals surface area (Å²) in [6, 6.07) is 66.6. The maximum Gasteiger partial charge on any atom is 0.164 e. The molecule has 0 spiro atoms. The Morgan fingerprint density at radius 1 is 0.345 bits per heavy atom. The van der Waals surface area contributed by atoms with Gasteiger partial charge in [0.2, 0.25) is 0 Å². The lowest BCUT2D eigenvalue weighted by atomic mass is 10.0. The Balaban J connectivity index is 0.958. The normalized spacial score (nSPS) is 11.3. The summed E-state index contributed by atoms with van der Waals surface area (Å²) in [5.74, 6) is 8.79. The van der Waals surface area contributed by atoms with Crippen LogP contribution in [0, 0.1) is 11.8 Å². The van der Waals surface area contributed by atoms with E-state index in [4.69, 9.17) is 19.4 Å². The summed E-state index contributed by atoms with van der Waals surface area (Å²) >= 11 is 0. The largest absolute Gasteiger partial charge is 0.456 e. The van der Waals surface area contributed by atoms with Crippen LogP contribution in [-0.4, -0.2) is 19.5 Å². The highest BCUT2D eigenvalue weighted by Crippen LogP contribution is 2.35.